The van der Waals surface area contributed by atoms with Crippen molar-refractivity contribution in [2.24, 2.45) is 5.92 Å². The smallest absolute Gasteiger partial charge is 0.246 e. The quantitative estimate of drug-likeness (QED) is 0.480. The molecule has 2 fully saturated rings. The number of piperazine rings is 1. The van der Waals surface area contributed by atoms with E-state index in [2.05, 4.69) is 65.6 Å². The number of carbonyl (C=O) groups excluding carboxylic acids is 1. The van der Waals surface area contributed by atoms with Gasteiger partial charge in [0.15, 0.2) is 0 Å². The molecule has 0 N–H and O–H groups in total. The zero-order valence-corrected chi connectivity index (χ0v) is 24.5. The van der Waals surface area contributed by atoms with Crippen molar-refractivity contribution in [1.82, 2.24) is 14.8 Å². The van der Waals surface area contributed by atoms with Gasteiger partial charge in [0.1, 0.15) is 12.4 Å². The summed E-state index contributed by atoms with van der Waals surface area (Å²) in [7, 11) is 2.17. The Morgan fingerprint density at radius 3 is 2.80 bits per heavy atom. The molecule has 3 aliphatic heterocycles. The Morgan fingerprint density at radius 1 is 1.15 bits per heavy atom. The molecule has 1 unspecified atom stereocenters. The molecule has 1 aliphatic carbocycles. The van der Waals surface area contributed by atoms with Crippen molar-refractivity contribution >= 4 is 17.4 Å². The first-order valence-electron chi connectivity index (χ1n) is 15.2. The number of ether oxygens (including phenoxy) is 1. The Morgan fingerprint density at radius 2 is 2.02 bits per heavy atom. The SMILES string of the molecule is C=CC(=O)N1CCN(c2nc(OC[C@@H]3CCCN3C)cc3c2CCN(c2cccc4c2CC(C)C4)C3)C[C@@H]1CC#N. The second-order valence-corrected chi connectivity index (χ2v) is 12.3. The summed E-state index contributed by atoms with van der Waals surface area (Å²) in [5.41, 5.74) is 6.92. The molecular weight excluding hydrogens is 512 g/mol. The summed E-state index contributed by atoms with van der Waals surface area (Å²) in [5.74, 6) is 2.21. The molecule has 1 aromatic carbocycles. The van der Waals surface area contributed by atoms with Crippen LogP contribution in [0.1, 0.15) is 48.4 Å². The Labute approximate surface area is 244 Å². The van der Waals surface area contributed by atoms with Crippen LogP contribution in [0.3, 0.4) is 0 Å². The molecule has 1 aromatic heterocycles. The molecule has 0 bridgehead atoms. The maximum Gasteiger partial charge on any atom is 0.246 e. The van der Waals surface area contributed by atoms with E-state index < -0.39 is 0 Å². The molecule has 4 heterocycles. The lowest BCUT2D eigenvalue weighted by molar-refractivity contribution is -0.128. The molecular formula is C33H42N6O2. The summed E-state index contributed by atoms with van der Waals surface area (Å²) in [4.78, 5) is 26.6. The summed E-state index contributed by atoms with van der Waals surface area (Å²) < 4.78 is 6.41. The first-order chi connectivity index (χ1) is 19.9. The van der Waals surface area contributed by atoms with Gasteiger partial charge in [-0.2, -0.15) is 10.2 Å². The highest BCUT2D eigenvalue weighted by atomic mass is 16.5. The van der Waals surface area contributed by atoms with Crippen molar-refractivity contribution in [3.8, 4) is 11.9 Å². The van der Waals surface area contributed by atoms with E-state index in [1.54, 1.807) is 4.90 Å². The highest BCUT2D eigenvalue weighted by Gasteiger charge is 2.33. The first-order valence-corrected chi connectivity index (χ1v) is 15.2. The van der Waals surface area contributed by atoms with Gasteiger partial charge in [0, 0.05) is 56.1 Å². The van der Waals surface area contributed by atoms with Gasteiger partial charge >= 0.3 is 0 Å². The van der Waals surface area contributed by atoms with Crippen LogP contribution < -0.4 is 14.5 Å². The van der Waals surface area contributed by atoms with E-state index in [9.17, 15) is 10.1 Å². The van der Waals surface area contributed by atoms with Crippen molar-refractivity contribution < 1.29 is 9.53 Å². The molecule has 2 aromatic rings. The number of fused-ring (bicyclic) bond motifs is 2. The van der Waals surface area contributed by atoms with Crippen LogP contribution in [0.4, 0.5) is 11.5 Å². The molecule has 0 spiro atoms. The third-order valence-corrected chi connectivity index (χ3v) is 9.54. The lowest BCUT2D eigenvalue weighted by atomic mass is 9.97. The number of rotatable bonds is 7. The maximum atomic E-state index is 12.5. The number of hydrogen-bond donors (Lipinski definition) is 0. The number of nitrogens with zero attached hydrogens (tertiary/aromatic N) is 6. The maximum absolute atomic E-state index is 12.5. The number of benzene rings is 1. The van der Waals surface area contributed by atoms with E-state index in [-0.39, 0.29) is 18.4 Å². The van der Waals surface area contributed by atoms with Crippen molar-refractivity contribution in [1.29, 1.82) is 5.26 Å². The largest absolute Gasteiger partial charge is 0.476 e. The number of amides is 1. The van der Waals surface area contributed by atoms with Crippen LogP contribution in [-0.4, -0.2) is 79.2 Å². The second-order valence-electron chi connectivity index (χ2n) is 12.3. The van der Waals surface area contributed by atoms with Crippen LogP contribution in [0.2, 0.25) is 0 Å². The molecule has 216 valence electrons. The van der Waals surface area contributed by atoms with Crippen molar-refractivity contribution in [2.45, 2.75) is 64.1 Å². The zero-order valence-electron chi connectivity index (χ0n) is 24.5. The van der Waals surface area contributed by atoms with Crippen LogP contribution in [-0.2, 0) is 30.6 Å². The van der Waals surface area contributed by atoms with E-state index in [0.717, 1.165) is 44.7 Å². The number of hydrogen-bond acceptors (Lipinski definition) is 7. The zero-order chi connectivity index (χ0) is 28.5. The van der Waals surface area contributed by atoms with E-state index in [4.69, 9.17) is 9.72 Å². The number of pyridine rings is 1. The van der Waals surface area contributed by atoms with Crippen molar-refractivity contribution in [3.05, 3.63) is 59.2 Å². The monoisotopic (exact) mass is 554 g/mol. The minimum atomic E-state index is -0.192. The molecule has 2 saturated heterocycles. The molecule has 0 radical (unpaired) electrons. The lowest BCUT2D eigenvalue weighted by Crippen LogP contribution is -2.55. The topological polar surface area (TPSA) is 75.9 Å². The van der Waals surface area contributed by atoms with Gasteiger partial charge in [0.2, 0.25) is 11.8 Å². The number of likely N-dealkylation sites (N-methyl/N-ethyl adjacent to an activating group) is 1. The minimum absolute atomic E-state index is 0.113. The summed E-state index contributed by atoms with van der Waals surface area (Å²) in [6, 6.07) is 11.5. The molecule has 6 rings (SSSR count). The van der Waals surface area contributed by atoms with Gasteiger partial charge in [0.05, 0.1) is 18.5 Å². The van der Waals surface area contributed by atoms with Gasteiger partial charge in [-0.3, -0.25) is 4.79 Å². The molecule has 1 amide bonds. The lowest BCUT2D eigenvalue weighted by Gasteiger charge is -2.42. The normalized spacial score (nSPS) is 24.1. The predicted octanol–water partition coefficient (Wildman–Crippen LogP) is 3.97. The molecule has 0 saturated carbocycles. The molecule has 8 heteroatoms. The van der Waals surface area contributed by atoms with E-state index in [1.165, 1.54) is 46.9 Å². The number of likely N-dealkylation sites (tertiary alicyclic amines) is 1. The third kappa shape index (κ3) is 5.52. The Hall–Kier alpha value is -3.57. The first kappa shape index (κ1) is 27.6. The van der Waals surface area contributed by atoms with Crippen molar-refractivity contribution in [3.63, 3.8) is 0 Å². The average molecular weight is 555 g/mol. The number of aromatic nitrogens is 1. The summed E-state index contributed by atoms with van der Waals surface area (Å²) in [6.45, 7) is 11.3. The van der Waals surface area contributed by atoms with Crippen LogP contribution in [0.5, 0.6) is 5.88 Å². The van der Waals surface area contributed by atoms with Crippen LogP contribution >= 0.6 is 0 Å². The number of nitriles is 1. The predicted molar refractivity (Wildman–Crippen MR) is 161 cm³/mol. The number of carbonyl (C=O) groups is 1. The Balaban J connectivity index is 1.31. The van der Waals surface area contributed by atoms with E-state index in [0.29, 0.717) is 44.1 Å². The average Bonchev–Trinajstić information content (AvgIpc) is 3.58. The van der Waals surface area contributed by atoms with Gasteiger partial charge in [-0.05, 0) is 80.4 Å². The molecule has 4 aliphatic rings. The Bertz CT molecular complexity index is 1350. The van der Waals surface area contributed by atoms with Crippen LogP contribution in [0, 0.1) is 17.2 Å². The molecule has 8 nitrogen and oxygen atoms in total. The van der Waals surface area contributed by atoms with Gasteiger partial charge in [-0.1, -0.05) is 25.6 Å². The summed E-state index contributed by atoms with van der Waals surface area (Å²) in [6.07, 6.45) is 7.20. The summed E-state index contributed by atoms with van der Waals surface area (Å²) >= 11 is 0. The standard InChI is InChI=1S/C33H42N6O2/c1-4-32(40)39-16-15-38(21-26(39)10-12-34)33-28-11-14-37(30-9-5-7-24-17-23(2)18-29(24)30)20-25(28)19-31(35-33)41-22-27-8-6-13-36(27)3/h4-5,7,9,19,23,26-27H,1,6,8,10-11,13-18,20-22H2,2-3H3/t23?,26-,27-/m0/s1. The fraction of sp³-hybridized carbons (Fsp3) is 0.545. The van der Waals surface area contributed by atoms with E-state index >= 15 is 0 Å². The van der Waals surface area contributed by atoms with Gasteiger partial charge in [-0.15, -0.1) is 0 Å². The fourth-order valence-electron chi connectivity index (χ4n) is 7.32. The van der Waals surface area contributed by atoms with E-state index in [1.807, 2.05) is 0 Å². The third-order valence-electron chi connectivity index (χ3n) is 9.54. The van der Waals surface area contributed by atoms with Crippen LogP contribution in [0.15, 0.2) is 36.9 Å². The highest BCUT2D eigenvalue weighted by molar-refractivity contribution is 5.87. The molecule has 41 heavy (non-hydrogen) atoms. The van der Waals surface area contributed by atoms with Crippen molar-refractivity contribution in [2.75, 3.05) is 56.2 Å². The minimum Gasteiger partial charge on any atom is -0.476 e. The number of anilines is 2. The fourth-order valence-corrected chi connectivity index (χ4v) is 7.32. The Kier molecular flexibility index (Phi) is 7.90. The van der Waals surface area contributed by atoms with Gasteiger partial charge in [-0.25, -0.2) is 0 Å². The van der Waals surface area contributed by atoms with Gasteiger partial charge in [0.25, 0.3) is 0 Å². The second kappa shape index (κ2) is 11.7. The summed E-state index contributed by atoms with van der Waals surface area (Å²) in [5, 5.41) is 9.52. The van der Waals surface area contributed by atoms with Gasteiger partial charge < -0.3 is 24.3 Å². The van der Waals surface area contributed by atoms with Crippen LogP contribution in [0.25, 0.3) is 0 Å². The highest BCUT2D eigenvalue weighted by Crippen LogP contribution is 2.38. The molecule has 3 atom stereocenters.